The molecule has 2 nitrogen and oxygen atoms in total. The van der Waals surface area contributed by atoms with Gasteiger partial charge in [0.05, 0.1) is 5.60 Å². The second-order valence-corrected chi connectivity index (χ2v) is 5.39. The molecule has 2 N–H and O–H groups in total. The van der Waals surface area contributed by atoms with Crippen molar-refractivity contribution in [2.75, 3.05) is 7.11 Å². The van der Waals surface area contributed by atoms with E-state index in [1.807, 2.05) is 0 Å². The van der Waals surface area contributed by atoms with Gasteiger partial charge in [-0.25, -0.2) is 0 Å². The van der Waals surface area contributed by atoms with Crippen LogP contribution in [-0.2, 0) is 4.74 Å². The van der Waals surface area contributed by atoms with E-state index in [1.54, 1.807) is 7.11 Å². The Labute approximate surface area is 88.2 Å². The number of hydrogen-bond acceptors (Lipinski definition) is 2. The van der Waals surface area contributed by atoms with Crippen LogP contribution < -0.4 is 5.73 Å². The van der Waals surface area contributed by atoms with Gasteiger partial charge in [0.2, 0.25) is 0 Å². The van der Waals surface area contributed by atoms with Crippen LogP contribution in [0.1, 0.15) is 58.8 Å². The summed E-state index contributed by atoms with van der Waals surface area (Å²) in [6.07, 6.45) is 8.56. The molecule has 1 saturated carbocycles. The summed E-state index contributed by atoms with van der Waals surface area (Å²) < 4.78 is 5.42. The lowest BCUT2D eigenvalue weighted by atomic mass is 9.78. The Kier molecular flexibility index (Phi) is 3.96. The van der Waals surface area contributed by atoms with E-state index in [9.17, 15) is 0 Å². The molecule has 0 aromatic carbocycles. The Morgan fingerprint density at radius 2 is 1.79 bits per heavy atom. The molecule has 1 fully saturated rings. The summed E-state index contributed by atoms with van der Waals surface area (Å²) in [5.41, 5.74) is 6.46. The van der Waals surface area contributed by atoms with Crippen molar-refractivity contribution in [3.63, 3.8) is 0 Å². The predicted molar refractivity (Wildman–Crippen MR) is 60.3 cm³/mol. The van der Waals surface area contributed by atoms with Gasteiger partial charge in [0.25, 0.3) is 0 Å². The number of ether oxygens (including phenoxy) is 1. The average Bonchev–Trinajstić information content (AvgIpc) is 2.17. The Hall–Kier alpha value is -0.0800. The van der Waals surface area contributed by atoms with E-state index >= 15 is 0 Å². The maximum atomic E-state index is 6.37. The molecule has 0 amide bonds. The lowest BCUT2D eigenvalue weighted by Gasteiger charge is -2.36. The highest BCUT2D eigenvalue weighted by Gasteiger charge is 2.29. The molecule has 0 atom stereocenters. The zero-order valence-corrected chi connectivity index (χ0v) is 9.94. The molecular formula is C12H25NO. The lowest BCUT2D eigenvalue weighted by Crippen LogP contribution is -2.43. The first-order valence-electron chi connectivity index (χ1n) is 5.82. The van der Waals surface area contributed by atoms with Gasteiger partial charge < -0.3 is 10.5 Å². The van der Waals surface area contributed by atoms with E-state index < -0.39 is 0 Å². The van der Waals surface area contributed by atoms with Crippen molar-refractivity contribution < 1.29 is 4.74 Å². The van der Waals surface area contributed by atoms with Gasteiger partial charge in [0.1, 0.15) is 0 Å². The zero-order chi connectivity index (χ0) is 10.7. The van der Waals surface area contributed by atoms with Gasteiger partial charge >= 0.3 is 0 Å². The second-order valence-electron chi connectivity index (χ2n) is 5.39. The quantitative estimate of drug-likeness (QED) is 0.755. The Morgan fingerprint density at radius 1 is 1.21 bits per heavy atom. The molecule has 0 bridgehead atoms. The molecule has 0 spiro atoms. The first kappa shape index (κ1) is 12.0. The van der Waals surface area contributed by atoms with Crippen molar-refractivity contribution in [2.24, 2.45) is 5.73 Å². The van der Waals surface area contributed by atoms with Crippen molar-refractivity contribution in [2.45, 2.75) is 69.9 Å². The number of nitrogens with two attached hydrogens (primary N) is 1. The topological polar surface area (TPSA) is 35.2 Å². The van der Waals surface area contributed by atoms with Crippen molar-refractivity contribution in [1.82, 2.24) is 0 Å². The summed E-state index contributed by atoms with van der Waals surface area (Å²) in [5, 5.41) is 0. The maximum Gasteiger partial charge on any atom is 0.0623 e. The Morgan fingerprint density at radius 3 is 2.29 bits per heavy atom. The molecule has 1 rings (SSSR count). The van der Waals surface area contributed by atoms with Crippen LogP contribution in [0.25, 0.3) is 0 Å². The minimum atomic E-state index is -0.0101. The van der Waals surface area contributed by atoms with Gasteiger partial charge in [-0.3, -0.25) is 0 Å². The molecule has 0 aromatic heterocycles. The summed E-state index contributed by atoms with van der Waals surface area (Å²) in [6, 6.07) is 0. The first-order valence-corrected chi connectivity index (χ1v) is 5.82. The van der Waals surface area contributed by atoms with Crippen LogP contribution in [-0.4, -0.2) is 18.2 Å². The molecule has 0 unspecified atom stereocenters. The van der Waals surface area contributed by atoms with Gasteiger partial charge in [0, 0.05) is 12.6 Å². The van der Waals surface area contributed by atoms with Gasteiger partial charge in [-0.2, -0.15) is 0 Å². The van der Waals surface area contributed by atoms with Crippen LogP contribution in [0.4, 0.5) is 0 Å². The largest absolute Gasteiger partial charge is 0.379 e. The highest BCUT2D eigenvalue weighted by molar-refractivity contribution is 4.89. The molecule has 84 valence electrons. The Bertz CT molecular complexity index is 171. The van der Waals surface area contributed by atoms with Gasteiger partial charge in [-0.1, -0.05) is 19.3 Å². The summed E-state index contributed by atoms with van der Waals surface area (Å²) in [5.74, 6) is 0. The average molecular weight is 199 g/mol. The number of rotatable bonds is 4. The van der Waals surface area contributed by atoms with E-state index in [-0.39, 0.29) is 11.1 Å². The first-order chi connectivity index (χ1) is 6.47. The monoisotopic (exact) mass is 199 g/mol. The van der Waals surface area contributed by atoms with Crippen LogP contribution in [0.3, 0.4) is 0 Å². The third-order valence-corrected chi connectivity index (χ3v) is 3.63. The fourth-order valence-corrected chi connectivity index (χ4v) is 2.16. The highest BCUT2D eigenvalue weighted by atomic mass is 16.5. The van der Waals surface area contributed by atoms with Crippen LogP contribution >= 0.6 is 0 Å². The van der Waals surface area contributed by atoms with Crippen LogP contribution in [0, 0.1) is 0 Å². The van der Waals surface area contributed by atoms with Gasteiger partial charge in [-0.15, -0.1) is 0 Å². The summed E-state index contributed by atoms with van der Waals surface area (Å²) in [7, 11) is 1.78. The van der Waals surface area contributed by atoms with Crippen LogP contribution in [0.2, 0.25) is 0 Å². The lowest BCUT2D eigenvalue weighted by molar-refractivity contribution is 0.00711. The van der Waals surface area contributed by atoms with E-state index in [4.69, 9.17) is 10.5 Å². The minimum Gasteiger partial charge on any atom is -0.379 e. The number of hydrogen-bond donors (Lipinski definition) is 1. The van der Waals surface area contributed by atoms with E-state index in [2.05, 4.69) is 13.8 Å². The fourth-order valence-electron chi connectivity index (χ4n) is 2.16. The zero-order valence-electron chi connectivity index (χ0n) is 9.94. The molecular weight excluding hydrogens is 174 g/mol. The van der Waals surface area contributed by atoms with E-state index in [0.717, 1.165) is 12.8 Å². The normalized spacial score (nSPS) is 22.3. The molecule has 0 aromatic rings. The molecule has 2 heteroatoms. The molecule has 0 saturated heterocycles. The second kappa shape index (κ2) is 4.63. The van der Waals surface area contributed by atoms with Crippen molar-refractivity contribution in [3.8, 4) is 0 Å². The Balaban J connectivity index is 2.35. The van der Waals surface area contributed by atoms with Crippen molar-refractivity contribution in [1.29, 1.82) is 0 Å². The summed E-state index contributed by atoms with van der Waals surface area (Å²) in [6.45, 7) is 4.28. The highest BCUT2D eigenvalue weighted by Crippen LogP contribution is 2.32. The van der Waals surface area contributed by atoms with E-state index in [1.165, 1.54) is 32.1 Å². The SMILES string of the molecule is COC(C)(C)CCC1(N)CCCCC1. The van der Waals surface area contributed by atoms with Gasteiger partial charge in [0.15, 0.2) is 0 Å². The summed E-state index contributed by atoms with van der Waals surface area (Å²) >= 11 is 0. The summed E-state index contributed by atoms with van der Waals surface area (Å²) in [4.78, 5) is 0. The van der Waals surface area contributed by atoms with Crippen LogP contribution in [0.5, 0.6) is 0 Å². The van der Waals surface area contributed by atoms with Gasteiger partial charge in [-0.05, 0) is 39.5 Å². The smallest absolute Gasteiger partial charge is 0.0623 e. The number of methoxy groups -OCH3 is 1. The molecule has 1 aliphatic carbocycles. The predicted octanol–water partition coefficient (Wildman–Crippen LogP) is 2.85. The molecule has 0 heterocycles. The third-order valence-electron chi connectivity index (χ3n) is 3.63. The fraction of sp³-hybridized carbons (Fsp3) is 1.00. The molecule has 1 aliphatic rings. The molecule has 14 heavy (non-hydrogen) atoms. The maximum absolute atomic E-state index is 6.37. The minimum absolute atomic E-state index is 0.0101. The van der Waals surface area contributed by atoms with Crippen LogP contribution in [0.15, 0.2) is 0 Å². The molecule has 0 radical (unpaired) electrons. The standard InChI is InChI=1S/C12H25NO/c1-11(2,14-3)9-10-12(13)7-5-4-6-8-12/h4-10,13H2,1-3H3. The van der Waals surface area contributed by atoms with E-state index in [0.29, 0.717) is 0 Å². The molecule has 0 aliphatic heterocycles. The van der Waals surface area contributed by atoms with Crippen molar-refractivity contribution in [3.05, 3.63) is 0 Å². The van der Waals surface area contributed by atoms with Crippen molar-refractivity contribution >= 4 is 0 Å². The third kappa shape index (κ3) is 3.58.